The summed E-state index contributed by atoms with van der Waals surface area (Å²) in [5, 5.41) is 16.3. The third-order valence-corrected chi connectivity index (χ3v) is 4.08. The van der Waals surface area contributed by atoms with Gasteiger partial charge in [0, 0.05) is 18.0 Å². The van der Waals surface area contributed by atoms with Crippen LogP contribution in [-0.2, 0) is 0 Å². The molecule has 6 heteroatoms. The smallest absolute Gasteiger partial charge is 0.209 e. The molecule has 1 aromatic heterocycles. The third-order valence-electron chi connectivity index (χ3n) is 3.15. The fourth-order valence-electron chi connectivity index (χ4n) is 1.93. The zero-order valence-corrected chi connectivity index (χ0v) is 11.7. The molecule has 0 spiro atoms. The van der Waals surface area contributed by atoms with Crippen molar-refractivity contribution in [3.8, 4) is 0 Å². The maximum absolute atomic E-state index is 4.08. The Labute approximate surface area is 116 Å². The molecule has 1 fully saturated rings. The van der Waals surface area contributed by atoms with Crippen LogP contribution in [0.25, 0.3) is 0 Å². The number of hydrogen-bond donors (Lipinski definition) is 1. The van der Waals surface area contributed by atoms with Gasteiger partial charge in [-0.05, 0) is 41.8 Å². The van der Waals surface area contributed by atoms with Crippen LogP contribution in [0.4, 0.5) is 5.69 Å². The standard InChI is InChI=1S/C13H17N5S/c1-10-4-2-3-5-12(10)14-8-9-19-13-15-16-17-18(13)11-6-7-11/h2-5,11,14H,6-9H2,1H3. The molecule has 5 nitrogen and oxygen atoms in total. The molecular formula is C13H17N5S. The average molecular weight is 275 g/mol. The quantitative estimate of drug-likeness (QED) is 0.648. The lowest BCUT2D eigenvalue weighted by atomic mass is 10.2. The second-order valence-electron chi connectivity index (χ2n) is 4.73. The van der Waals surface area contributed by atoms with E-state index < -0.39 is 0 Å². The highest BCUT2D eigenvalue weighted by Gasteiger charge is 2.27. The van der Waals surface area contributed by atoms with E-state index in [4.69, 9.17) is 0 Å². The van der Waals surface area contributed by atoms with Gasteiger partial charge in [0.25, 0.3) is 0 Å². The van der Waals surface area contributed by atoms with Crippen LogP contribution >= 0.6 is 11.8 Å². The van der Waals surface area contributed by atoms with Crippen molar-refractivity contribution in [2.75, 3.05) is 17.6 Å². The molecule has 100 valence electrons. The van der Waals surface area contributed by atoms with E-state index >= 15 is 0 Å². The van der Waals surface area contributed by atoms with Crippen molar-refractivity contribution in [3.63, 3.8) is 0 Å². The van der Waals surface area contributed by atoms with Gasteiger partial charge < -0.3 is 5.32 Å². The Morgan fingerprint density at radius 1 is 1.37 bits per heavy atom. The third kappa shape index (κ3) is 3.07. The van der Waals surface area contributed by atoms with E-state index in [0.29, 0.717) is 6.04 Å². The summed E-state index contributed by atoms with van der Waals surface area (Å²) in [4.78, 5) is 0. The SMILES string of the molecule is Cc1ccccc1NCCSc1nnnn1C1CC1. The Morgan fingerprint density at radius 2 is 2.21 bits per heavy atom. The summed E-state index contributed by atoms with van der Waals surface area (Å²) in [6.45, 7) is 3.02. The summed E-state index contributed by atoms with van der Waals surface area (Å²) in [7, 11) is 0. The van der Waals surface area contributed by atoms with Gasteiger partial charge in [0.1, 0.15) is 0 Å². The predicted molar refractivity (Wildman–Crippen MR) is 76.5 cm³/mol. The first-order valence-electron chi connectivity index (χ1n) is 6.55. The maximum atomic E-state index is 4.08. The van der Waals surface area contributed by atoms with Gasteiger partial charge in [-0.15, -0.1) is 5.10 Å². The van der Waals surface area contributed by atoms with Crippen LogP contribution in [0, 0.1) is 6.92 Å². The Hall–Kier alpha value is -1.56. The number of aromatic nitrogens is 4. The molecule has 0 atom stereocenters. The Morgan fingerprint density at radius 3 is 3.00 bits per heavy atom. The van der Waals surface area contributed by atoms with Gasteiger partial charge in [-0.25, -0.2) is 4.68 Å². The highest BCUT2D eigenvalue weighted by atomic mass is 32.2. The lowest BCUT2D eigenvalue weighted by Crippen LogP contribution is -2.06. The fraction of sp³-hybridized carbons (Fsp3) is 0.462. The van der Waals surface area contributed by atoms with Crippen LogP contribution in [0.2, 0.25) is 0 Å². The van der Waals surface area contributed by atoms with Crippen molar-refractivity contribution >= 4 is 17.4 Å². The number of benzene rings is 1. The van der Waals surface area contributed by atoms with Crippen LogP contribution in [0.3, 0.4) is 0 Å². The zero-order valence-electron chi connectivity index (χ0n) is 10.9. The molecule has 2 aromatic rings. The summed E-state index contributed by atoms with van der Waals surface area (Å²) in [6.07, 6.45) is 2.42. The number of thioether (sulfide) groups is 1. The number of rotatable bonds is 6. The van der Waals surface area contributed by atoms with E-state index in [1.54, 1.807) is 11.8 Å². The predicted octanol–water partition coefficient (Wildman–Crippen LogP) is 2.52. The van der Waals surface area contributed by atoms with Crippen molar-refractivity contribution in [3.05, 3.63) is 29.8 Å². The maximum Gasteiger partial charge on any atom is 0.209 e. The first-order chi connectivity index (χ1) is 9.34. The minimum atomic E-state index is 0.543. The van der Waals surface area contributed by atoms with Crippen molar-refractivity contribution in [1.29, 1.82) is 0 Å². The van der Waals surface area contributed by atoms with E-state index in [0.717, 1.165) is 17.5 Å². The van der Waals surface area contributed by atoms with Crippen LogP contribution < -0.4 is 5.32 Å². The molecule has 1 aromatic carbocycles. The molecule has 0 saturated heterocycles. The monoisotopic (exact) mass is 275 g/mol. The lowest BCUT2D eigenvalue weighted by molar-refractivity contribution is 0.565. The molecule has 19 heavy (non-hydrogen) atoms. The van der Waals surface area contributed by atoms with Gasteiger partial charge in [0.2, 0.25) is 5.16 Å². The van der Waals surface area contributed by atoms with Crippen LogP contribution in [0.15, 0.2) is 29.4 Å². The van der Waals surface area contributed by atoms with Gasteiger partial charge in [-0.1, -0.05) is 30.0 Å². The van der Waals surface area contributed by atoms with Crippen LogP contribution in [0.5, 0.6) is 0 Å². The van der Waals surface area contributed by atoms with Crippen molar-refractivity contribution < 1.29 is 0 Å². The molecule has 1 N–H and O–H groups in total. The number of hydrogen-bond acceptors (Lipinski definition) is 5. The van der Waals surface area contributed by atoms with Crippen molar-refractivity contribution in [2.24, 2.45) is 0 Å². The number of anilines is 1. The average Bonchev–Trinajstić information content (AvgIpc) is 3.16. The fourth-order valence-corrected chi connectivity index (χ4v) is 2.73. The minimum absolute atomic E-state index is 0.543. The first kappa shape index (κ1) is 12.5. The molecule has 0 unspecified atom stereocenters. The molecule has 1 aliphatic rings. The van der Waals surface area contributed by atoms with E-state index in [1.165, 1.54) is 24.1 Å². The summed E-state index contributed by atoms with van der Waals surface area (Å²) >= 11 is 1.71. The van der Waals surface area contributed by atoms with E-state index in [9.17, 15) is 0 Å². The zero-order chi connectivity index (χ0) is 13.1. The highest BCUT2D eigenvalue weighted by molar-refractivity contribution is 7.99. The molecule has 1 aliphatic carbocycles. The van der Waals surface area contributed by atoms with Gasteiger partial charge >= 0.3 is 0 Å². The number of nitrogens with one attached hydrogen (secondary N) is 1. The Balaban J connectivity index is 1.48. The number of para-hydroxylation sites is 1. The molecule has 0 amide bonds. The second-order valence-corrected chi connectivity index (χ2v) is 5.79. The number of aryl methyl sites for hydroxylation is 1. The highest BCUT2D eigenvalue weighted by Crippen LogP contribution is 2.36. The van der Waals surface area contributed by atoms with Crippen LogP contribution in [-0.4, -0.2) is 32.5 Å². The second kappa shape index (κ2) is 5.61. The number of tetrazole rings is 1. The van der Waals surface area contributed by atoms with Gasteiger partial charge in [0.15, 0.2) is 0 Å². The summed E-state index contributed by atoms with van der Waals surface area (Å²) in [5.41, 5.74) is 2.47. The number of nitrogens with zero attached hydrogens (tertiary/aromatic N) is 4. The molecule has 1 saturated carbocycles. The molecule has 1 heterocycles. The molecule has 0 aliphatic heterocycles. The van der Waals surface area contributed by atoms with E-state index in [-0.39, 0.29) is 0 Å². The van der Waals surface area contributed by atoms with Gasteiger partial charge in [-0.3, -0.25) is 0 Å². The van der Waals surface area contributed by atoms with Gasteiger partial charge in [-0.2, -0.15) is 0 Å². The Bertz CT molecular complexity index is 549. The summed E-state index contributed by atoms with van der Waals surface area (Å²) in [6, 6.07) is 8.87. The van der Waals surface area contributed by atoms with Crippen molar-refractivity contribution in [1.82, 2.24) is 20.2 Å². The summed E-state index contributed by atoms with van der Waals surface area (Å²) < 4.78 is 1.96. The topological polar surface area (TPSA) is 55.6 Å². The van der Waals surface area contributed by atoms with Crippen molar-refractivity contribution in [2.45, 2.75) is 31.0 Å². The van der Waals surface area contributed by atoms with Gasteiger partial charge in [0.05, 0.1) is 6.04 Å². The Kier molecular flexibility index (Phi) is 3.68. The largest absolute Gasteiger partial charge is 0.384 e. The van der Waals surface area contributed by atoms with E-state index in [1.807, 2.05) is 4.68 Å². The molecule has 0 bridgehead atoms. The lowest BCUT2D eigenvalue weighted by Gasteiger charge is -2.08. The summed E-state index contributed by atoms with van der Waals surface area (Å²) in [5.74, 6) is 0.960. The molecule has 0 radical (unpaired) electrons. The normalized spacial score (nSPS) is 14.6. The first-order valence-corrected chi connectivity index (χ1v) is 7.53. The van der Waals surface area contributed by atoms with E-state index in [2.05, 4.69) is 52.0 Å². The molecular weight excluding hydrogens is 258 g/mol. The minimum Gasteiger partial charge on any atom is -0.384 e. The molecule has 3 rings (SSSR count). The van der Waals surface area contributed by atoms with Crippen LogP contribution in [0.1, 0.15) is 24.4 Å².